The Bertz CT molecular complexity index is 470. The van der Waals surface area contributed by atoms with Crippen LogP contribution in [-0.4, -0.2) is 37.6 Å². The Hall–Kier alpha value is -1.70. The molecule has 2 amide bonds. The molecule has 0 N–H and O–H groups in total. The number of imide groups is 1. The number of hydrogen-bond acceptors (Lipinski definition) is 6. The van der Waals surface area contributed by atoms with Crippen LogP contribution in [0.4, 0.5) is 0 Å². The molecular formula is C12H17NO6S. The maximum absolute atomic E-state index is 11.4. The largest absolute Gasteiger partial charge is 0.348 e. The lowest BCUT2D eigenvalue weighted by atomic mass is 9.98. The van der Waals surface area contributed by atoms with Gasteiger partial charge in [-0.3, -0.25) is 19.3 Å². The molecule has 0 saturated carbocycles. The molecular weight excluding hydrogens is 286 g/mol. The average molecular weight is 303 g/mol. The van der Waals surface area contributed by atoms with Gasteiger partial charge in [0.15, 0.2) is 0 Å². The second-order valence-electron chi connectivity index (χ2n) is 4.47. The number of rotatable bonds is 8. The zero-order chi connectivity index (χ0) is 15.1. The van der Waals surface area contributed by atoms with Gasteiger partial charge in [-0.15, -0.1) is 0 Å². The summed E-state index contributed by atoms with van der Waals surface area (Å²) < 4.78 is 24.4. The summed E-state index contributed by atoms with van der Waals surface area (Å²) in [7, 11) is -3.15. The van der Waals surface area contributed by atoms with Crippen LogP contribution in [0.2, 0.25) is 0 Å². The Labute approximate surface area is 118 Å². The fourth-order valence-corrected chi connectivity index (χ4v) is 2.22. The highest BCUT2D eigenvalue weighted by Gasteiger charge is 2.25. The number of carbonyl (C=O) groups is 3. The zero-order valence-corrected chi connectivity index (χ0v) is 12.0. The predicted octanol–water partition coefficient (Wildman–Crippen LogP) is 0.178. The number of amides is 2. The molecule has 0 fully saturated rings. The molecule has 1 atom stereocenters. The molecule has 0 bridgehead atoms. The highest BCUT2D eigenvalue weighted by Crippen LogP contribution is 2.17. The van der Waals surface area contributed by atoms with Crippen LogP contribution in [0, 0.1) is 5.92 Å². The third-order valence-corrected chi connectivity index (χ3v) is 3.44. The molecule has 0 aromatic heterocycles. The number of thiol groups is 1. The van der Waals surface area contributed by atoms with Crippen molar-refractivity contribution in [1.82, 2.24) is 4.90 Å². The smallest absolute Gasteiger partial charge is 0.321 e. The number of nitrogens with zero attached hydrogens (tertiary/aromatic N) is 1. The highest BCUT2D eigenvalue weighted by molar-refractivity contribution is 7.67. The van der Waals surface area contributed by atoms with Crippen LogP contribution in [0.15, 0.2) is 12.2 Å². The Morgan fingerprint density at radius 3 is 2.40 bits per heavy atom. The molecule has 0 spiro atoms. The van der Waals surface area contributed by atoms with E-state index in [0.717, 1.165) is 6.42 Å². The molecule has 20 heavy (non-hydrogen) atoms. The first-order chi connectivity index (χ1) is 9.43. The fraction of sp³-hybridized carbons (Fsp3) is 0.583. The molecule has 112 valence electrons. The van der Waals surface area contributed by atoms with Gasteiger partial charge in [0.05, 0.1) is 0 Å². The van der Waals surface area contributed by atoms with Crippen molar-refractivity contribution >= 4 is 28.8 Å². The second-order valence-corrected chi connectivity index (χ2v) is 5.10. The van der Waals surface area contributed by atoms with Crippen molar-refractivity contribution in [3.63, 3.8) is 0 Å². The van der Waals surface area contributed by atoms with Gasteiger partial charge >= 0.3 is 17.0 Å². The first kappa shape index (κ1) is 16.4. The molecule has 8 heteroatoms. The van der Waals surface area contributed by atoms with Gasteiger partial charge < -0.3 is 4.18 Å². The normalized spacial score (nSPS) is 16.0. The first-order valence-electron chi connectivity index (χ1n) is 6.32. The van der Waals surface area contributed by atoms with E-state index in [9.17, 15) is 22.8 Å². The van der Waals surface area contributed by atoms with E-state index in [1.807, 2.05) is 6.92 Å². The second kappa shape index (κ2) is 7.78. The summed E-state index contributed by atoms with van der Waals surface area (Å²) in [6.45, 7) is 2.24. The Kier molecular flexibility index (Phi) is 6.37. The number of hydrogen-bond donors (Lipinski definition) is 1. The summed E-state index contributed by atoms with van der Waals surface area (Å²) in [5.41, 5.74) is 0. The van der Waals surface area contributed by atoms with Gasteiger partial charge in [-0.25, -0.2) is 0 Å². The predicted molar refractivity (Wildman–Crippen MR) is 69.9 cm³/mol. The van der Waals surface area contributed by atoms with Gasteiger partial charge in [-0.2, -0.15) is 8.42 Å². The van der Waals surface area contributed by atoms with Crippen molar-refractivity contribution in [3.8, 4) is 0 Å². The van der Waals surface area contributed by atoms with Gasteiger partial charge in [0.25, 0.3) is 11.8 Å². The topological polar surface area (TPSA) is 97.8 Å². The van der Waals surface area contributed by atoms with E-state index in [-0.39, 0.29) is 24.2 Å². The Balaban J connectivity index is 2.35. The van der Waals surface area contributed by atoms with Crippen LogP contribution < -0.4 is 0 Å². The first-order valence-corrected chi connectivity index (χ1v) is 7.42. The number of carbonyl (C=O) groups excluding carboxylic acids is 3. The summed E-state index contributed by atoms with van der Waals surface area (Å²) in [4.78, 5) is 35.0. The summed E-state index contributed by atoms with van der Waals surface area (Å²) in [6, 6.07) is 0. The summed E-state index contributed by atoms with van der Waals surface area (Å²) in [6.07, 6.45) is 4.28. The van der Waals surface area contributed by atoms with E-state index >= 15 is 0 Å². The van der Waals surface area contributed by atoms with Crippen LogP contribution in [0.3, 0.4) is 0 Å². The molecule has 0 aliphatic carbocycles. The summed E-state index contributed by atoms with van der Waals surface area (Å²) in [5.74, 6) is -1.35. The Morgan fingerprint density at radius 1 is 1.30 bits per heavy atom. The molecule has 0 saturated heterocycles. The van der Waals surface area contributed by atoms with Crippen LogP contribution in [0.5, 0.6) is 0 Å². The molecule has 0 radical (unpaired) electrons. The van der Waals surface area contributed by atoms with Crippen molar-refractivity contribution in [1.29, 1.82) is 0 Å². The minimum atomic E-state index is -3.15. The average Bonchev–Trinajstić information content (AvgIpc) is 2.68. The van der Waals surface area contributed by atoms with E-state index in [0.29, 0.717) is 19.4 Å². The maximum atomic E-state index is 11.4. The minimum absolute atomic E-state index is 0.0000435. The highest BCUT2D eigenvalue weighted by atomic mass is 32.2. The lowest BCUT2D eigenvalue weighted by molar-refractivity contribution is -0.138. The zero-order valence-electron chi connectivity index (χ0n) is 11.1. The van der Waals surface area contributed by atoms with E-state index < -0.39 is 17.0 Å². The quantitative estimate of drug-likeness (QED) is 0.507. The minimum Gasteiger partial charge on any atom is -0.348 e. The van der Waals surface area contributed by atoms with Crippen LogP contribution >= 0.6 is 0 Å². The van der Waals surface area contributed by atoms with Gasteiger partial charge in [-0.1, -0.05) is 13.3 Å². The van der Waals surface area contributed by atoms with Crippen LogP contribution in [0.1, 0.15) is 32.6 Å². The van der Waals surface area contributed by atoms with E-state index in [1.54, 1.807) is 0 Å². The lowest BCUT2D eigenvalue weighted by Crippen LogP contribution is -2.34. The van der Waals surface area contributed by atoms with E-state index in [1.165, 1.54) is 17.1 Å². The maximum Gasteiger partial charge on any atom is 0.321 e. The van der Waals surface area contributed by atoms with E-state index in [2.05, 4.69) is 4.18 Å². The summed E-state index contributed by atoms with van der Waals surface area (Å²) >= 11 is 0. The molecule has 1 heterocycles. The van der Waals surface area contributed by atoms with Crippen molar-refractivity contribution in [3.05, 3.63) is 12.2 Å². The fourth-order valence-electron chi connectivity index (χ4n) is 1.96. The van der Waals surface area contributed by atoms with Crippen molar-refractivity contribution < 1.29 is 27.0 Å². The molecule has 1 aliphatic rings. The summed E-state index contributed by atoms with van der Waals surface area (Å²) in [5, 5.41) is 0. The standard InChI is InChI=1S/C12H17NO6S/c1-2-9(4-3-5-12(16)19-20(17)18)8-13-10(14)6-7-11(13)15/h6-7,9,20H,2-5,8H2,1H3. The van der Waals surface area contributed by atoms with Crippen LogP contribution in [0.25, 0.3) is 0 Å². The molecule has 7 nitrogen and oxygen atoms in total. The molecule has 0 aromatic carbocycles. The SMILES string of the molecule is CCC(CCCC(=O)O[SH](=O)=O)CN1C(=O)C=CC1=O. The van der Waals surface area contributed by atoms with Crippen molar-refractivity contribution in [2.75, 3.05) is 6.54 Å². The van der Waals surface area contributed by atoms with E-state index in [4.69, 9.17) is 0 Å². The van der Waals surface area contributed by atoms with Gasteiger partial charge in [0.2, 0.25) is 0 Å². The molecule has 1 aliphatic heterocycles. The molecule has 1 unspecified atom stereocenters. The third kappa shape index (κ3) is 5.12. The van der Waals surface area contributed by atoms with Gasteiger partial charge in [0.1, 0.15) is 0 Å². The molecule has 1 rings (SSSR count). The van der Waals surface area contributed by atoms with Crippen LogP contribution in [-0.2, 0) is 29.6 Å². The van der Waals surface area contributed by atoms with Gasteiger partial charge in [0, 0.05) is 25.1 Å². The molecule has 0 aromatic rings. The Morgan fingerprint density at radius 2 is 1.90 bits per heavy atom. The monoisotopic (exact) mass is 303 g/mol. The third-order valence-electron chi connectivity index (χ3n) is 3.09. The lowest BCUT2D eigenvalue weighted by Gasteiger charge is -2.21. The van der Waals surface area contributed by atoms with Crippen molar-refractivity contribution in [2.45, 2.75) is 32.6 Å². The van der Waals surface area contributed by atoms with Crippen molar-refractivity contribution in [2.24, 2.45) is 5.92 Å². The van der Waals surface area contributed by atoms with Gasteiger partial charge in [-0.05, 0) is 18.8 Å².